The van der Waals surface area contributed by atoms with Crippen molar-refractivity contribution in [1.82, 2.24) is 10.6 Å². The lowest BCUT2D eigenvalue weighted by Crippen LogP contribution is -2.66. The molecule has 2 N–H and O–H groups in total. The molecule has 0 spiro atoms. The molecule has 0 aromatic heterocycles. The molecule has 6 nitrogen and oxygen atoms in total. The van der Waals surface area contributed by atoms with Crippen LogP contribution >= 0.6 is 0 Å². The van der Waals surface area contributed by atoms with Gasteiger partial charge in [0.05, 0.1) is 19.8 Å². The highest BCUT2D eigenvalue weighted by Gasteiger charge is 2.56. The summed E-state index contributed by atoms with van der Waals surface area (Å²) in [5.41, 5.74) is -0.0439. The van der Waals surface area contributed by atoms with E-state index in [-0.39, 0.29) is 17.5 Å². The first kappa shape index (κ1) is 9.38. The number of rotatable bonds is 1. The fraction of sp³-hybridized carbons (Fsp3) is 0.889. The molecule has 1 atom stereocenters. The monoisotopic (exact) mass is 214 g/mol. The lowest BCUT2D eigenvalue weighted by atomic mass is 9.91. The van der Waals surface area contributed by atoms with Crippen molar-refractivity contribution < 1.29 is 19.0 Å². The summed E-state index contributed by atoms with van der Waals surface area (Å²) in [6.07, 6.45) is 0. The number of carbonyl (C=O) groups excluding carboxylic acids is 1. The van der Waals surface area contributed by atoms with Gasteiger partial charge in [-0.05, 0) is 0 Å². The number of nitrogens with one attached hydrogen (secondary N) is 2. The first-order chi connectivity index (χ1) is 7.12. The van der Waals surface area contributed by atoms with Crippen LogP contribution in [-0.2, 0) is 14.2 Å². The lowest BCUT2D eigenvalue weighted by molar-refractivity contribution is -0.472. The summed E-state index contributed by atoms with van der Waals surface area (Å²) < 4.78 is 16.8. The quantitative estimate of drug-likeness (QED) is 0.612. The Balaban J connectivity index is 1.78. The van der Waals surface area contributed by atoms with E-state index in [1.807, 2.05) is 0 Å². The minimum Gasteiger partial charge on any atom is -0.336 e. The van der Waals surface area contributed by atoms with Crippen molar-refractivity contribution in [2.75, 3.05) is 26.4 Å². The molecule has 4 saturated heterocycles. The fourth-order valence-corrected chi connectivity index (χ4v) is 2.04. The predicted octanol–water partition coefficient (Wildman–Crippen LogP) is -0.595. The number of amides is 2. The zero-order chi connectivity index (χ0) is 10.5. The normalized spacial score (nSPS) is 48.9. The molecular weight excluding hydrogens is 200 g/mol. The van der Waals surface area contributed by atoms with E-state index >= 15 is 0 Å². The Hall–Kier alpha value is -0.850. The van der Waals surface area contributed by atoms with Crippen molar-refractivity contribution in [3.05, 3.63) is 0 Å². The molecule has 15 heavy (non-hydrogen) atoms. The van der Waals surface area contributed by atoms with Crippen LogP contribution in [0.2, 0.25) is 0 Å². The Morgan fingerprint density at radius 3 is 2.33 bits per heavy atom. The molecule has 0 saturated carbocycles. The zero-order valence-corrected chi connectivity index (χ0v) is 8.54. The van der Waals surface area contributed by atoms with E-state index in [9.17, 15) is 4.79 Å². The minimum absolute atomic E-state index is 0.0439. The summed E-state index contributed by atoms with van der Waals surface area (Å²) in [7, 11) is 0. The largest absolute Gasteiger partial charge is 0.336 e. The third-order valence-electron chi connectivity index (χ3n) is 3.06. The van der Waals surface area contributed by atoms with Gasteiger partial charge in [-0.1, -0.05) is 6.92 Å². The fourth-order valence-electron chi connectivity index (χ4n) is 2.04. The number of hydrogen-bond acceptors (Lipinski definition) is 4. The molecule has 4 fully saturated rings. The van der Waals surface area contributed by atoms with Crippen LogP contribution in [0.25, 0.3) is 0 Å². The SMILES string of the molecule is CC12COC([C@@H]3CNC(=O)N3)(OC1)OC2. The van der Waals surface area contributed by atoms with Crippen LogP contribution in [0.4, 0.5) is 4.79 Å². The van der Waals surface area contributed by atoms with Gasteiger partial charge in [0.25, 0.3) is 0 Å². The molecule has 0 aliphatic carbocycles. The third kappa shape index (κ3) is 1.32. The van der Waals surface area contributed by atoms with Gasteiger partial charge in [-0.15, -0.1) is 0 Å². The lowest BCUT2D eigenvalue weighted by Gasteiger charge is -2.52. The molecule has 2 amide bonds. The average molecular weight is 214 g/mol. The molecule has 4 rings (SSSR count). The van der Waals surface area contributed by atoms with Crippen molar-refractivity contribution >= 4 is 6.03 Å². The van der Waals surface area contributed by atoms with Crippen LogP contribution in [0.15, 0.2) is 0 Å². The van der Waals surface area contributed by atoms with Gasteiger partial charge < -0.3 is 24.8 Å². The maximum absolute atomic E-state index is 11.0. The molecule has 4 aliphatic heterocycles. The molecule has 2 bridgehead atoms. The Bertz CT molecular complexity index is 282. The second-order valence-corrected chi connectivity index (χ2v) is 4.69. The van der Waals surface area contributed by atoms with E-state index in [2.05, 4.69) is 17.6 Å². The molecule has 84 valence electrons. The molecule has 0 aromatic rings. The highest BCUT2D eigenvalue weighted by atomic mass is 16.9. The van der Waals surface area contributed by atoms with Crippen LogP contribution in [0, 0.1) is 5.41 Å². The Morgan fingerprint density at radius 2 is 1.87 bits per heavy atom. The number of carbonyl (C=O) groups is 1. The van der Waals surface area contributed by atoms with E-state index in [0.717, 1.165) is 0 Å². The topological polar surface area (TPSA) is 68.8 Å². The number of urea groups is 1. The molecule has 0 radical (unpaired) electrons. The summed E-state index contributed by atoms with van der Waals surface area (Å²) in [6, 6.07) is -0.473. The van der Waals surface area contributed by atoms with Gasteiger partial charge in [0, 0.05) is 12.0 Å². The summed E-state index contributed by atoms with van der Waals surface area (Å²) in [5.74, 6) is -1.07. The third-order valence-corrected chi connectivity index (χ3v) is 3.06. The molecule has 4 aliphatic rings. The van der Waals surface area contributed by atoms with E-state index in [0.29, 0.717) is 26.4 Å². The second kappa shape index (κ2) is 2.84. The van der Waals surface area contributed by atoms with Crippen LogP contribution < -0.4 is 10.6 Å². The van der Waals surface area contributed by atoms with Crippen molar-refractivity contribution in [2.45, 2.75) is 18.9 Å². The summed E-state index contributed by atoms with van der Waals surface area (Å²) in [4.78, 5) is 11.0. The minimum atomic E-state index is -1.07. The zero-order valence-electron chi connectivity index (χ0n) is 8.54. The summed E-state index contributed by atoms with van der Waals surface area (Å²) in [5, 5.41) is 5.39. The first-order valence-electron chi connectivity index (χ1n) is 5.08. The van der Waals surface area contributed by atoms with Crippen LogP contribution in [0.1, 0.15) is 6.92 Å². The molecule has 0 aromatic carbocycles. The molecule has 6 heteroatoms. The molecular formula is C9H14N2O4. The van der Waals surface area contributed by atoms with E-state index in [4.69, 9.17) is 14.2 Å². The van der Waals surface area contributed by atoms with Gasteiger partial charge >= 0.3 is 12.0 Å². The van der Waals surface area contributed by atoms with Gasteiger partial charge in [-0.3, -0.25) is 0 Å². The van der Waals surface area contributed by atoms with Crippen molar-refractivity contribution in [2.24, 2.45) is 5.41 Å². The van der Waals surface area contributed by atoms with Crippen molar-refractivity contribution in [1.29, 1.82) is 0 Å². The summed E-state index contributed by atoms with van der Waals surface area (Å²) in [6.45, 7) is 4.36. The van der Waals surface area contributed by atoms with Gasteiger partial charge in [0.15, 0.2) is 0 Å². The average Bonchev–Trinajstić information content (AvgIpc) is 2.67. The van der Waals surface area contributed by atoms with Gasteiger partial charge in [0.1, 0.15) is 6.04 Å². The van der Waals surface area contributed by atoms with Gasteiger partial charge in [-0.25, -0.2) is 4.79 Å². The smallest absolute Gasteiger partial charge is 0.315 e. The first-order valence-corrected chi connectivity index (χ1v) is 5.08. The second-order valence-electron chi connectivity index (χ2n) is 4.69. The number of fused-ring (bicyclic) bond motifs is 3. The Labute approximate surface area is 87.2 Å². The molecule has 0 unspecified atom stereocenters. The van der Waals surface area contributed by atoms with Crippen LogP contribution in [0.5, 0.6) is 0 Å². The maximum Gasteiger partial charge on any atom is 0.315 e. The Morgan fingerprint density at radius 1 is 1.27 bits per heavy atom. The van der Waals surface area contributed by atoms with Crippen molar-refractivity contribution in [3.8, 4) is 0 Å². The molecule has 4 heterocycles. The van der Waals surface area contributed by atoms with Crippen LogP contribution in [-0.4, -0.2) is 44.4 Å². The van der Waals surface area contributed by atoms with E-state index < -0.39 is 5.97 Å². The standard InChI is InChI=1S/C9H14N2O4/c1-8-3-13-9(14-4-8,15-5-8)6-2-10-7(12)11-6/h6H,2-5H2,1H3,(H2,10,11,12)/t6-,8?,9?/m0/s1. The Kier molecular flexibility index (Phi) is 1.78. The van der Waals surface area contributed by atoms with E-state index in [1.165, 1.54) is 0 Å². The predicted molar refractivity (Wildman–Crippen MR) is 49.0 cm³/mol. The van der Waals surface area contributed by atoms with Crippen LogP contribution in [0.3, 0.4) is 0 Å². The number of hydrogen-bond donors (Lipinski definition) is 2. The summed E-state index contributed by atoms with van der Waals surface area (Å²) >= 11 is 0. The highest BCUT2D eigenvalue weighted by molar-refractivity contribution is 5.76. The van der Waals surface area contributed by atoms with Gasteiger partial charge in [0.2, 0.25) is 0 Å². The van der Waals surface area contributed by atoms with Crippen molar-refractivity contribution in [3.63, 3.8) is 0 Å². The number of ether oxygens (including phenoxy) is 3. The maximum atomic E-state index is 11.0. The van der Waals surface area contributed by atoms with E-state index in [1.54, 1.807) is 0 Å². The highest BCUT2D eigenvalue weighted by Crippen LogP contribution is 2.39. The van der Waals surface area contributed by atoms with Gasteiger partial charge in [-0.2, -0.15) is 0 Å².